The summed E-state index contributed by atoms with van der Waals surface area (Å²) in [6.07, 6.45) is 0. The molecule has 0 aliphatic heterocycles. The lowest BCUT2D eigenvalue weighted by Crippen LogP contribution is -2.35. The Balaban J connectivity index is 2.21. The summed E-state index contributed by atoms with van der Waals surface area (Å²) in [5.41, 5.74) is 1.83. The number of carbonyl (C=O) groups excluding carboxylic acids is 1. The molecule has 0 fully saturated rings. The van der Waals surface area contributed by atoms with Gasteiger partial charge in [-0.1, -0.05) is 17.7 Å². The highest BCUT2D eigenvalue weighted by Crippen LogP contribution is 2.22. The molecule has 2 N–H and O–H groups in total. The monoisotopic (exact) mass is 362 g/mol. The van der Waals surface area contributed by atoms with Crippen molar-refractivity contribution < 1.29 is 18.3 Å². The van der Waals surface area contributed by atoms with Gasteiger partial charge in [0.05, 0.1) is 17.2 Å². The van der Waals surface area contributed by atoms with Crippen LogP contribution in [-0.4, -0.2) is 39.1 Å². The summed E-state index contributed by atoms with van der Waals surface area (Å²) in [5.74, 6) is -0.322. The van der Waals surface area contributed by atoms with Crippen molar-refractivity contribution in [3.63, 3.8) is 0 Å². The molecule has 0 saturated heterocycles. The Morgan fingerprint density at radius 3 is 2.20 bits per heavy atom. The molecule has 1 unspecified atom stereocenters. The van der Waals surface area contributed by atoms with Gasteiger partial charge in [0, 0.05) is 18.7 Å². The fraction of sp³-hybridized carbons (Fsp3) is 0.278. The van der Waals surface area contributed by atoms with Gasteiger partial charge in [-0.05, 0) is 50.2 Å². The highest BCUT2D eigenvalue weighted by atomic mass is 32.2. The molecule has 1 atom stereocenters. The minimum atomic E-state index is -3.67. The number of benzene rings is 2. The van der Waals surface area contributed by atoms with Gasteiger partial charge in [-0.3, -0.25) is 9.10 Å². The second-order valence-corrected chi connectivity index (χ2v) is 7.86. The predicted octanol–water partition coefficient (Wildman–Crippen LogP) is 1.93. The van der Waals surface area contributed by atoms with E-state index in [0.29, 0.717) is 11.3 Å². The van der Waals surface area contributed by atoms with Crippen LogP contribution in [0.15, 0.2) is 53.4 Å². The van der Waals surface area contributed by atoms with E-state index in [1.165, 1.54) is 11.4 Å². The first-order chi connectivity index (χ1) is 11.8. The maximum Gasteiger partial charge on any atom is 0.264 e. The van der Waals surface area contributed by atoms with Crippen LogP contribution in [0.2, 0.25) is 0 Å². The van der Waals surface area contributed by atoms with Crippen molar-refractivity contribution in [2.24, 2.45) is 0 Å². The summed E-state index contributed by atoms with van der Waals surface area (Å²) in [6.45, 7) is 3.43. The normalized spacial score (nSPS) is 12.5. The van der Waals surface area contributed by atoms with Crippen LogP contribution in [0.1, 0.15) is 22.8 Å². The lowest BCUT2D eigenvalue weighted by atomic mass is 10.2. The van der Waals surface area contributed by atoms with Gasteiger partial charge < -0.3 is 10.4 Å². The molecule has 0 bridgehead atoms. The Hall–Kier alpha value is -2.38. The first kappa shape index (κ1) is 19.0. The van der Waals surface area contributed by atoms with Gasteiger partial charge in [-0.15, -0.1) is 0 Å². The standard InChI is InChI=1S/C18H22N2O4S/c1-13-4-10-17(11-5-13)25(23,24)20(3)16-8-6-15(7-9-16)18(22)19-14(2)12-21/h4-11,14,21H,12H2,1-3H3,(H,19,22). The summed E-state index contributed by atoms with van der Waals surface area (Å²) >= 11 is 0. The van der Waals surface area contributed by atoms with E-state index in [4.69, 9.17) is 5.11 Å². The van der Waals surface area contributed by atoms with Crippen LogP contribution in [0, 0.1) is 6.92 Å². The van der Waals surface area contributed by atoms with Crippen molar-refractivity contribution in [2.75, 3.05) is 18.0 Å². The number of amides is 1. The van der Waals surface area contributed by atoms with E-state index in [2.05, 4.69) is 5.32 Å². The zero-order valence-electron chi connectivity index (χ0n) is 14.4. The van der Waals surface area contributed by atoms with Crippen molar-refractivity contribution in [1.29, 1.82) is 0 Å². The van der Waals surface area contributed by atoms with Crippen LogP contribution >= 0.6 is 0 Å². The van der Waals surface area contributed by atoms with Gasteiger partial charge in [0.25, 0.3) is 15.9 Å². The minimum absolute atomic E-state index is 0.151. The van der Waals surface area contributed by atoms with Crippen LogP contribution in [0.5, 0.6) is 0 Å². The summed E-state index contributed by atoms with van der Waals surface area (Å²) in [5, 5.41) is 11.6. The first-order valence-corrected chi connectivity index (χ1v) is 9.27. The Kier molecular flexibility index (Phi) is 5.81. The number of aliphatic hydroxyl groups is 1. The fourth-order valence-electron chi connectivity index (χ4n) is 2.18. The molecule has 7 heteroatoms. The Bertz CT molecular complexity index is 830. The van der Waals surface area contributed by atoms with E-state index < -0.39 is 10.0 Å². The quantitative estimate of drug-likeness (QED) is 0.822. The molecule has 0 spiro atoms. The third kappa shape index (κ3) is 4.37. The van der Waals surface area contributed by atoms with Gasteiger partial charge in [0.15, 0.2) is 0 Å². The van der Waals surface area contributed by atoms with Crippen LogP contribution < -0.4 is 9.62 Å². The number of hydrogen-bond acceptors (Lipinski definition) is 4. The zero-order chi connectivity index (χ0) is 18.6. The highest BCUT2D eigenvalue weighted by Gasteiger charge is 2.21. The lowest BCUT2D eigenvalue weighted by molar-refractivity contribution is 0.0922. The number of aryl methyl sites for hydroxylation is 1. The molecule has 0 saturated carbocycles. The first-order valence-electron chi connectivity index (χ1n) is 7.83. The Morgan fingerprint density at radius 1 is 1.12 bits per heavy atom. The summed E-state index contributed by atoms with van der Waals surface area (Å²) in [4.78, 5) is 12.2. The zero-order valence-corrected chi connectivity index (χ0v) is 15.2. The van der Waals surface area contributed by atoms with Crippen LogP contribution in [0.25, 0.3) is 0 Å². The molecule has 134 valence electrons. The number of anilines is 1. The van der Waals surface area contributed by atoms with Crippen molar-refractivity contribution in [3.8, 4) is 0 Å². The topological polar surface area (TPSA) is 86.7 Å². The molecular formula is C18H22N2O4S. The van der Waals surface area contributed by atoms with Gasteiger partial charge in [0.1, 0.15) is 0 Å². The van der Waals surface area contributed by atoms with Crippen molar-refractivity contribution >= 4 is 21.6 Å². The maximum atomic E-state index is 12.7. The summed E-state index contributed by atoms with van der Waals surface area (Å²) in [6, 6.07) is 12.5. The number of carbonyl (C=O) groups is 1. The third-order valence-corrected chi connectivity index (χ3v) is 5.62. The molecule has 2 rings (SSSR count). The predicted molar refractivity (Wildman–Crippen MR) is 97.2 cm³/mol. The highest BCUT2D eigenvalue weighted by molar-refractivity contribution is 7.92. The van der Waals surface area contributed by atoms with E-state index in [-0.39, 0.29) is 23.5 Å². The number of nitrogens with one attached hydrogen (secondary N) is 1. The molecule has 2 aromatic carbocycles. The van der Waals surface area contributed by atoms with Crippen molar-refractivity contribution in [3.05, 3.63) is 59.7 Å². The Labute approximate surface area is 148 Å². The number of hydrogen-bond donors (Lipinski definition) is 2. The summed E-state index contributed by atoms with van der Waals surface area (Å²) in [7, 11) is -2.19. The van der Waals surface area contributed by atoms with E-state index in [1.807, 2.05) is 6.92 Å². The van der Waals surface area contributed by atoms with E-state index >= 15 is 0 Å². The van der Waals surface area contributed by atoms with Crippen molar-refractivity contribution in [1.82, 2.24) is 5.32 Å². The number of nitrogens with zero attached hydrogens (tertiary/aromatic N) is 1. The van der Waals surface area contributed by atoms with Gasteiger partial charge >= 0.3 is 0 Å². The van der Waals surface area contributed by atoms with Gasteiger partial charge in [0.2, 0.25) is 0 Å². The van der Waals surface area contributed by atoms with E-state index in [0.717, 1.165) is 5.56 Å². The number of aliphatic hydroxyl groups excluding tert-OH is 1. The molecule has 0 radical (unpaired) electrons. The molecule has 0 aromatic heterocycles. The van der Waals surface area contributed by atoms with Crippen molar-refractivity contribution in [2.45, 2.75) is 24.8 Å². The van der Waals surface area contributed by atoms with Crippen LogP contribution in [0.3, 0.4) is 0 Å². The lowest BCUT2D eigenvalue weighted by Gasteiger charge is -2.20. The second-order valence-electron chi connectivity index (χ2n) is 5.89. The second kappa shape index (κ2) is 7.67. The third-order valence-electron chi connectivity index (χ3n) is 3.82. The molecule has 1 amide bonds. The molecule has 2 aromatic rings. The smallest absolute Gasteiger partial charge is 0.264 e. The largest absolute Gasteiger partial charge is 0.394 e. The van der Waals surface area contributed by atoms with Crippen LogP contribution in [-0.2, 0) is 10.0 Å². The Morgan fingerprint density at radius 2 is 1.68 bits per heavy atom. The number of sulfonamides is 1. The van der Waals surface area contributed by atoms with Crippen LogP contribution in [0.4, 0.5) is 5.69 Å². The van der Waals surface area contributed by atoms with E-state index in [1.54, 1.807) is 55.5 Å². The molecule has 0 aliphatic rings. The molecule has 0 heterocycles. The summed E-state index contributed by atoms with van der Waals surface area (Å²) < 4.78 is 26.5. The fourth-order valence-corrected chi connectivity index (χ4v) is 3.38. The molecule has 0 aliphatic carbocycles. The minimum Gasteiger partial charge on any atom is -0.394 e. The molecular weight excluding hydrogens is 340 g/mol. The van der Waals surface area contributed by atoms with Gasteiger partial charge in [-0.2, -0.15) is 0 Å². The van der Waals surface area contributed by atoms with E-state index in [9.17, 15) is 13.2 Å². The average Bonchev–Trinajstić information content (AvgIpc) is 2.61. The SMILES string of the molecule is Cc1ccc(S(=O)(=O)N(C)c2ccc(C(=O)NC(C)CO)cc2)cc1. The van der Waals surface area contributed by atoms with Gasteiger partial charge in [-0.25, -0.2) is 8.42 Å². The molecule has 25 heavy (non-hydrogen) atoms. The molecule has 6 nitrogen and oxygen atoms in total. The average molecular weight is 362 g/mol. The maximum absolute atomic E-state index is 12.7. The number of rotatable bonds is 6.